The highest BCUT2D eigenvalue weighted by molar-refractivity contribution is 5.77. The molecule has 2 heterocycles. The Bertz CT molecular complexity index is 877. The number of nitrogens with two attached hydrogens (primary N) is 1. The van der Waals surface area contributed by atoms with Crippen LogP contribution in [0, 0.1) is 19.8 Å². The smallest absolute Gasteiger partial charge is 0.222 e. The van der Waals surface area contributed by atoms with E-state index in [0.29, 0.717) is 6.04 Å². The lowest BCUT2D eigenvalue weighted by Crippen LogP contribution is -2.51. The summed E-state index contributed by atoms with van der Waals surface area (Å²) in [6, 6.07) is 11.4. The van der Waals surface area contributed by atoms with Gasteiger partial charge in [0.1, 0.15) is 0 Å². The predicted molar refractivity (Wildman–Crippen MR) is 116 cm³/mol. The Balaban J connectivity index is 1.34. The number of anilines is 1. The average Bonchev–Trinajstić information content (AvgIpc) is 3.07. The second-order valence-electron chi connectivity index (χ2n) is 8.34. The summed E-state index contributed by atoms with van der Waals surface area (Å²) in [5.74, 6) is -0.271. The normalized spacial score (nSPS) is 22.8. The molecule has 1 fully saturated rings. The molecule has 154 valence electrons. The minimum Gasteiger partial charge on any atom is -0.371 e. The summed E-state index contributed by atoms with van der Waals surface area (Å²) in [6.45, 7) is 6.13. The van der Waals surface area contributed by atoms with E-state index in [1.165, 1.54) is 5.69 Å². The van der Waals surface area contributed by atoms with Crippen molar-refractivity contribution >= 4 is 11.6 Å². The zero-order valence-corrected chi connectivity index (χ0v) is 17.3. The van der Waals surface area contributed by atoms with Gasteiger partial charge in [-0.15, -0.1) is 0 Å². The van der Waals surface area contributed by atoms with Crippen LogP contribution >= 0.6 is 0 Å². The molecule has 3 N–H and O–H groups in total. The van der Waals surface area contributed by atoms with Gasteiger partial charge in [0, 0.05) is 36.6 Å². The Kier molecular flexibility index (Phi) is 5.72. The number of benzene rings is 1. The molecule has 0 saturated carbocycles. The molecule has 1 aliphatic carbocycles. The number of amides is 1. The number of nitrogens with zero attached hydrogens (tertiary/aromatic N) is 3. The van der Waals surface area contributed by atoms with Gasteiger partial charge in [0.05, 0.1) is 17.3 Å². The van der Waals surface area contributed by atoms with E-state index >= 15 is 0 Å². The zero-order chi connectivity index (χ0) is 20.4. The molecule has 0 bridgehead atoms. The van der Waals surface area contributed by atoms with Gasteiger partial charge in [-0.1, -0.05) is 12.2 Å². The Morgan fingerprint density at radius 3 is 2.34 bits per heavy atom. The van der Waals surface area contributed by atoms with Gasteiger partial charge in [-0.2, -0.15) is 5.10 Å². The van der Waals surface area contributed by atoms with Crippen molar-refractivity contribution < 1.29 is 4.79 Å². The van der Waals surface area contributed by atoms with Crippen LogP contribution in [0.15, 0.2) is 42.5 Å². The molecule has 1 amide bonds. The molecule has 1 aromatic heterocycles. The van der Waals surface area contributed by atoms with Crippen molar-refractivity contribution in [3.8, 4) is 5.69 Å². The number of rotatable bonds is 5. The molecule has 2 aliphatic rings. The molecule has 0 unspecified atom stereocenters. The van der Waals surface area contributed by atoms with Crippen LogP contribution in [0.25, 0.3) is 5.69 Å². The number of piperidine rings is 1. The van der Waals surface area contributed by atoms with Crippen molar-refractivity contribution in [1.29, 1.82) is 0 Å². The third kappa shape index (κ3) is 4.37. The summed E-state index contributed by atoms with van der Waals surface area (Å²) in [6.07, 6.45) is 8.04. The second kappa shape index (κ2) is 8.41. The number of carbonyl (C=O) groups is 1. The summed E-state index contributed by atoms with van der Waals surface area (Å²) >= 11 is 0. The lowest BCUT2D eigenvalue weighted by molar-refractivity contribution is -0.122. The summed E-state index contributed by atoms with van der Waals surface area (Å²) in [5, 5.41) is 8.27. The summed E-state index contributed by atoms with van der Waals surface area (Å²) in [7, 11) is 0. The van der Waals surface area contributed by atoms with Crippen molar-refractivity contribution in [2.24, 2.45) is 11.7 Å². The van der Waals surface area contributed by atoms with Crippen LogP contribution in [0.4, 0.5) is 5.69 Å². The molecule has 0 radical (unpaired) electrons. The van der Waals surface area contributed by atoms with E-state index in [4.69, 9.17) is 5.73 Å². The van der Waals surface area contributed by atoms with Gasteiger partial charge < -0.3 is 16.0 Å². The van der Waals surface area contributed by atoms with E-state index in [1.54, 1.807) is 0 Å². The first-order valence-electron chi connectivity index (χ1n) is 10.6. The number of primary amides is 1. The minimum absolute atomic E-state index is 0.0834. The third-order valence-electron chi connectivity index (χ3n) is 6.21. The molecular weight excluding hydrogens is 362 g/mol. The number of allylic oxidation sites excluding steroid dienone is 1. The molecule has 2 aromatic rings. The second-order valence-corrected chi connectivity index (χ2v) is 8.34. The van der Waals surface area contributed by atoms with Crippen molar-refractivity contribution in [1.82, 2.24) is 15.1 Å². The molecule has 4 rings (SSSR count). The molecule has 6 nitrogen and oxygen atoms in total. The predicted octanol–water partition coefficient (Wildman–Crippen LogP) is 2.87. The SMILES string of the molecule is Cc1cc(C)n(-c2ccc(N3CCC(N[C@@H]4CC=CC[C@@H]4C(N)=O)CC3)cc2)n1. The highest BCUT2D eigenvalue weighted by Gasteiger charge is 2.30. The van der Waals surface area contributed by atoms with Gasteiger partial charge in [0.25, 0.3) is 0 Å². The van der Waals surface area contributed by atoms with E-state index in [2.05, 4.69) is 64.7 Å². The van der Waals surface area contributed by atoms with Crippen molar-refractivity contribution in [3.63, 3.8) is 0 Å². The number of hydrogen-bond acceptors (Lipinski definition) is 4. The maximum atomic E-state index is 11.7. The highest BCUT2D eigenvalue weighted by Crippen LogP contribution is 2.25. The number of aryl methyl sites for hydroxylation is 2. The van der Waals surface area contributed by atoms with Crippen LogP contribution in [0.1, 0.15) is 37.1 Å². The summed E-state index contributed by atoms with van der Waals surface area (Å²) in [4.78, 5) is 14.2. The van der Waals surface area contributed by atoms with E-state index in [0.717, 1.165) is 55.8 Å². The number of hydrogen-bond donors (Lipinski definition) is 2. The Morgan fingerprint density at radius 2 is 1.72 bits per heavy atom. The lowest BCUT2D eigenvalue weighted by atomic mass is 9.87. The lowest BCUT2D eigenvalue weighted by Gasteiger charge is -2.37. The van der Waals surface area contributed by atoms with E-state index < -0.39 is 0 Å². The quantitative estimate of drug-likeness (QED) is 0.766. The molecule has 1 aromatic carbocycles. The maximum absolute atomic E-state index is 11.7. The number of nitrogens with one attached hydrogen (secondary N) is 1. The van der Waals surface area contributed by atoms with Gasteiger partial charge in [-0.05, 0) is 69.9 Å². The molecule has 0 spiro atoms. The fourth-order valence-corrected chi connectivity index (χ4v) is 4.61. The largest absolute Gasteiger partial charge is 0.371 e. The monoisotopic (exact) mass is 393 g/mol. The summed E-state index contributed by atoms with van der Waals surface area (Å²) < 4.78 is 1.99. The van der Waals surface area contributed by atoms with E-state index in [-0.39, 0.29) is 17.9 Å². The standard InChI is InChI=1S/C23H31N5O/c1-16-15-17(2)28(26-16)20-9-7-19(8-10-20)27-13-11-18(12-14-27)25-22-6-4-3-5-21(22)23(24)29/h3-4,7-10,15,18,21-22,25H,5-6,11-14H2,1-2H3,(H2,24,29)/t21-,22+/m0/s1. The molecular formula is C23H31N5O. The molecule has 1 aliphatic heterocycles. The molecule has 1 saturated heterocycles. The van der Waals surface area contributed by atoms with E-state index in [1.807, 2.05) is 11.6 Å². The number of aromatic nitrogens is 2. The van der Waals surface area contributed by atoms with Gasteiger partial charge in [0.2, 0.25) is 5.91 Å². The van der Waals surface area contributed by atoms with Crippen molar-refractivity contribution in [2.45, 2.75) is 51.6 Å². The summed E-state index contributed by atoms with van der Waals surface area (Å²) in [5.41, 5.74) is 10.1. The number of carbonyl (C=O) groups excluding carboxylic acids is 1. The van der Waals surface area contributed by atoms with Crippen LogP contribution in [0.3, 0.4) is 0 Å². The fraction of sp³-hybridized carbons (Fsp3) is 0.478. The Hall–Kier alpha value is -2.60. The third-order valence-corrected chi connectivity index (χ3v) is 6.21. The van der Waals surface area contributed by atoms with Gasteiger partial charge in [-0.25, -0.2) is 4.68 Å². The van der Waals surface area contributed by atoms with Crippen molar-refractivity contribution in [2.75, 3.05) is 18.0 Å². The molecule has 6 heteroatoms. The first-order chi connectivity index (χ1) is 14.0. The van der Waals surface area contributed by atoms with Gasteiger partial charge >= 0.3 is 0 Å². The van der Waals surface area contributed by atoms with Gasteiger partial charge in [-0.3, -0.25) is 4.79 Å². The van der Waals surface area contributed by atoms with Crippen LogP contribution in [-0.2, 0) is 4.79 Å². The van der Waals surface area contributed by atoms with Crippen LogP contribution < -0.4 is 16.0 Å². The minimum atomic E-state index is -0.188. The zero-order valence-electron chi connectivity index (χ0n) is 17.3. The first kappa shape index (κ1) is 19.7. The van der Waals surface area contributed by atoms with Crippen LogP contribution in [0.5, 0.6) is 0 Å². The van der Waals surface area contributed by atoms with Crippen LogP contribution in [-0.4, -0.2) is 40.9 Å². The van der Waals surface area contributed by atoms with Crippen LogP contribution in [0.2, 0.25) is 0 Å². The molecule has 29 heavy (non-hydrogen) atoms. The first-order valence-corrected chi connectivity index (χ1v) is 10.6. The average molecular weight is 394 g/mol. The topological polar surface area (TPSA) is 76.2 Å². The Labute approximate surface area is 172 Å². The fourth-order valence-electron chi connectivity index (χ4n) is 4.61. The molecule has 2 atom stereocenters. The van der Waals surface area contributed by atoms with Crippen molar-refractivity contribution in [3.05, 3.63) is 53.9 Å². The maximum Gasteiger partial charge on any atom is 0.222 e. The Morgan fingerprint density at radius 1 is 1.07 bits per heavy atom. The van der Waals surface area contributed by atoms with Gasteiger partial charge in [0.15, 0.2) is 0 Å². The highest BCUT2D eigenvalue weighted by atomic mass is 16.1. The van der Waals surface area contributed by atoms with E-state index in [9.17, 15) is 4.79 Å².